The van der Waals surface area contributed by atoms with Gasteiger partial charge in [-0.1, -0.05) is 127 Å². The summed E-state index contributed by atoms with van der Waals surface area (Å²) in [5.41, 5.74) is 8.91. The van der Waals surface area contributed by atoms with Crippen LogP contribution in [0.3, 0.4) is 0 Å². The molecule has 0 saturated heterocycles. The lowest BCUT2D eigenvalue weighted by molar-refractivity contribution is 0.670. The molecule has 0 amide bonds. The monoisotopic (exact) mass is 651 g/mol. The zero-order chi connectivity index (χ0) is 33.5. The van der Waals surface area contributed by atoms with Gasteiger partial charge in [-0.2, -0.15) is 0 Å². The predicted molar refractivity (Wildman–Crippen MR) is 214 cm³/mol. The van der Waals surface area contributed by atoms with Gasteiger partial charge in [0.2, 0.25) is 0 Å². The largest absolute Gasteiger partial charge is 0.455 e. The molecule has 0 unspecified atom stereocenters. The molecule has 9 aromatic carbocycles. The molecule has 0 spiro atoms. The molecule has 11 rings (SSSR count). The van der Waals surface area contributed by atoms with Gasteiger partial charge in [0.1, 0.15) is 22.3 Å². The minimum absolute atomic E-state index is 0.846. The lowest BCUT2D eigenvalue weighted by Crippen LogP contribution is -2.10. The standard InChI is InChI=1S/C48H29NO2/c1-3-13-32-27-34(25-23-30(32)11-1)49(35-26-24-31-12-2-4-14-33(31)28-35)43-20-10-22-45-46(43)42-29-41(36-15-5-6-17-38(36)48(42)51-45)40-19-9-18-39-37-16-7-8-21-44(37)50-47(39)40/h1-29H. The van der Waals surface area contributed by atoms with E-state index >= 15 is 0 Å². The van der Waals surface area contributed by atoms with Crippen molar-refractivity contribution in [3.05, 3.63) is 176 Å². The third-order valence-corrected chi connectivity index (χ3v) is 10.4. The lowest BCUT2D eigenvalue weighted by Gasteiger charge is -2.27. The van der Waals surface area contributed by atoms with Crippen molar-refractivity contribution in [3.8, 4) is 11.1 Å². The van der Waals surface area contributed by atoms with Gasteiger partial charge in [0.25, 0.3) is 0 Å². The number of hydrogen-bond acceptors (Lipinski definition) is 3. The van der Waals surface area contributed by atoms with E-state index in [1.165, 1.54) is 21.5 Å². The van der Waals surface area contributed by atoms with Gasteiger partial charge in [0, 0.05) is 38.5 Å². The van der Waals surface area contributed by atoms with Gasteiger partial charge in [-0.25, -0.2) is 0 Å². The quantitative estimate of drug-likeness (QED) is 0.190. The van der Waals surface area contributed by atoms with Crippen LogP contribution in [0.15, 0.2) is 185 Å². The Morgan fingerprint density at radius 1 is 0.333 bits per heavy atom. The molecule has 51 heavy (non-hydrogen) atoms. The van der Waals surface area contributed by atoms with Crippen LogP contribution < -0.4 is 4.90 Å². The predicted octanol–water partition coefficient (Wildman–Crippen LogP) is 14.1. The first-order valence-electron chi connectivity index (χ1n) is 17.3. The fraction of sp³-hybridized carbons (Fsp3) is 0. The second-order valence-corrected chi connectivity index (χ2v) is 13.3. The minimum atomic E-state index is 0.846. The molecule has 0 aliphatic carbocycles. The maximum atomic E-state index is 6.85. The van der Waals surface area contributed by atoms with Crippen LogP contribution in [-0.2, 0) is 0 Å². The maximum absolute atomic E-state index is 6.85. The van der Waals surface area contributed by atoms with Gasteiger partial charge >= 0.3 is 0 Å². The van der Waals surface area contributed by atoms with Gasteiger partial charge in [-0.05, 0) is 81.0 Å². The maximum Gasteiger partial charge on any atom is 0.143 e. The highest BCUT2D eigenvalue weighted by Crippen LogP contribution is 2.48. The normalized spacial score (nSPS) is 11.9. The van der Waals surface area contributed by atoms with E-state index in [9.17, 15) is 0 Å². The molecule has 2 aromatic heterocycles. The third kappa shape index (κ3) is 4.25. The molecule has 0 atom stereocenters. The van der Waals surface area contributed by atoms with E-state index in [1.807, 2.05) is 12.1 Å². The fourth-order valence-corrected chi connectivity index (χ4v) is 8.06. The molecule has 0 radical (unpaired) electrons. The Bertz CT molecular complexity index is 3090. The van der Waals surface area contributed by atoms with Crippen LogP contribution >= 0.6 is 0 Å². The highest BCUT2D eigenvalue weighted by atomic mass is 16.3. The number of para-hydroxylation sites is 2. The van der Waals surface area contributed by atoms with Crippen molar-refractivity contribution in [2.45, 2.75) is 0 Å². The first-order chi connectivity index (χ1) is 25.3. The van der Waals surface area contributed by atoms with Gasteiger partial charge in [0.15, 0.2) is 0 Å². The minimum Gasteiger partial charge on any atom is -0.455 e. The summed E-state index contributed by atoms with van der Waals surface area (Å²) >= 11 is 0. The van der Waals surface area contributed by atoms with Crippen molar-refractivity contribution >= 4 is 93.3 Å². The van der Waals surface area contributed by atoms with Crippen LogP contribution in [0, 0.1) is 0 Å². The van der Waals surface area contributed by atoms with E-state index in [1.54, 1.807) is 0 Å². The molecule has 3 nitrogen and oxygen atoms in total. The SMILES string of the molecule is c1ccc2cc(N(c3ccc4ccccc4c3)c3cccc4oc5c6ccccc6c(-c6cccc7c6oc6ccccc67)cc5c34)ccc2c1. The summed E-state index contributed by atoms with van der Waals surface area (Å²) in [6.07, 6.45) is 0. The highest BCUT2D eigenvalue weighted by Gasteiger charge is 2.23. The summed E-state index contributed by atoms with van der Waals surface area (Å²) in [6.45, 7) is 0. The third-order valence-electron chi connectivity index (χ3n) is 10.4. The van der Waals surface area contributed by atoms with Gasteiger partial charge in [0.05, 0.1) is 11.1 Å². The average molecular weight is 652 g/mol. The van der Waals surface area contributed by atoms with Crippen LogP contribution in [0.1, 0.15) is 0 Å². The topological polar surface area (TPSA) is 29.5 Å². The highest BCUT2D eigenvalue weighted by molar-refractivity contribution is 6.24. The molecule has 0 N–H and O–H groups in total. The molecule has 0 aliphatic heterocycles. The molecular formula is C48H29NO2. The summed E-state index contributed by atoms with van der Waals surface area (Å²) in [5, 5.41) is 11.4. The van der Waals surface area contributed by atoms with Crippen LogP contribution in [0.5, 0.6) is 0 Å². The number of fused-ring (bicyclic) bond motifs is 10. The van der Waals surface area contributed by atoms with Crippen molar-refractivity contribution in [1.29, 1.82) is 0 Å². The van der Waals surface area contributed by atoms with E-state index in [0.717, 1.165) is 82.8 Å². The van der Waals surface area contributed by atoms with E-state index < -0.39 is 0 Å². The Morgan fingerprint density at radius 2 is 0.882 bits per heavy atom. The Balaban J connectivity index is 1.23. The average Bonchev–Trinajstić information content (AvgIpc) is 3.77. The summed E-state index contributed by atoms with van der Waals surface area (Å²) in [6, 6.07) is 62.6. The molecule has 2 heterocycles. The van der Waals surface area contributed by atoms with E-state index in [4.69, 9.17) is 8.83 Å². The molecule has 0 saturated carbocycles. The van der Waals surface area contributed by atoms with Crippen LogP contribution in [0.4, 0.5) is 17.1 Å². The van der Waals surface area contributed by atoms with Crippen molar-refractivity contribution in [2.24, 2.45) is 0 Å². The summed E-state index contributed by atoms with van der Waals surface area (Å²) < 4.78 is 13.4. The first-order valence-corrected chi connectivity index (χ1v) is 17.3. The number of hydrogen-bond donors (Lipinski definition) is 0. The molecular weight excluding hydrogens is 623 g/mol. The van der Waals surface area contributed by atoms with Crippen molar-refractivity contribution < 1.29 is 8.83 Å². The molecule has 0 aliphatic rings. The molecule has 0 bridgehead atoms. The van der Waals surface area contributed by atoms with Gasteiger partial charge < -0.3 is 13.7 Å². The van der Waals surface area contributed by atoms with Crippen LogP contribution in [0.2, 0.25) is 0 Å². The van der Waals surface area contributed by atoms with Crippen molar-refractivity contribution in [2.75, 3.05) is 4.90 Å². The molecule has 11 aromatic rings. The Morgan fingerprint density at radius 3 is 1.63 bits per heavy atom. The number of rotatable bonds is 4. The van der Waals surface area contributed by atoms with E-state index in [2.05, 4.69) is 169 Å². The number of nitrogens with zero attached hydrogens (tertiary/aromatic N) is 1. The molecule has 0 fully saturated rings. The van der Waals surface area contributed by atoms with Gasteiger partial charge in [-0.15, -0.1) is 0 Å². The lowest BCUT2D eigenvalue weighted by atomic mass is 9.94. The number of benzene rings is 9. The second-order valence-electron chi connectivity index (χ2n) is 13.3. The number of furan rings is 2. The Kier molecular flexibility index (Phi) is 5.96. The zero-order valence-electron chi connectivity index (χ0n) is 27.5. The van der Waals surface area contributed by atoms with E-state index in [-0.39, 0.29) is 0 Å². The smallest absolute Gasteiger partial charge is 0.143 e. The summed E-state index contributed by atoms with van der Waals surface area (Å²) in [5.74, 6) is 0. The van der Waals surface area contributed by atoms with Crippen molar-refractivity contribution in [3.63, 3.8) is 0 Å². The summed E-state index contributed by atoms with van der Waals surface area (Å²) in [7, 11) is 0. The first kappa shape index (κ1) is 28.0. The van der Waals surface area contributed by atoms with E-state index in [0.29, 0.717) is 0 Å². The second kappa shape index (κ2) is 10.8. The Labute approximate surface area is 293 Å². The zero-order valence-corrected chi connectivity index (χ0v) is 27.5. The van der Waals surface area contributed by atoms with Gasteiger partial charge in [-0.3, -0.25) is 0 Å². The Hall–Kier alpha value is -6.84. The number of anilines is 3. The van der Waals surface area contributed by atoms with Crippen LogP contribution in [-0.4, -0.2) is 0 Å². The molecule has 238 valence electrons. The molecule has 3 heteroatoms. The van der Waals surface area contributed by atoms with Crippen LogP contribution in [0.25, 0.3) is 87.3 Å². The summed E-state index contributed by atoms with van der Waals surface area (Å²) in [4.78, 5) is 2.38. The fourth-order valence-electron chi connectivity index (χ4n) is 8.06. The van der Waals surface area contributed by atoms with Crippen molar-refractivity contribution in [1.82, 2.24) is 0 Å².